The number of nitrogens with one attached hydrogen (secondary N) is 2. The Bertz CT molecular complexity index is 1520. The number of aromatic hydroxyl groups is 1. The lowest BCUT2D eigenvalue weighted by atomic mass is 9.96. The van der Waals surface area contributed by atoms with E-state index in [9.17, 15) is 24.6 Å². The van der Waals surface area contributed by atoms with Crippen LogP contribution in [0.5, 0.6) is 11.5 Å². The van der Waals surface area contributed by atoms with Gasteiger partial charge in [-0.3, -0.25) is 14.4 Å². The number of aliphatic hydroxyl groups excluding tert-OH is 1. The van der Waals surface area contributed by atoms with E-state index in [1.54, 1.807) is 44.4 Å². The van der Waals surface area contributed by atoms with Gasteiger partial charge in [0.05, 0.1) is 19.0 Å². The third-order valence-corrected chi connectivity index (χ3v) is 9.63. The number of carbonyl (C=O) groups is 3. The fourth-order valence-corrected chi connectivity index (χ4v) is 6.71. The summed E-state index contributed by atoms with van der Waals surface area (Å²) in [6.07, 6.45) is -1.55. The maximum absolute atomic E-state index is 14.0. The number of rotatable bonds is 10. The molecule has 0 radical (unpaired) electrons. The molecule has 9 nitrogen and oxygen atoms in total. The largest absolute Gasteiger partial charge is 0.508 e. The minimum Gasteiger partial charge on any atom is -0.508 e. The Morgan fingerprint density at radius 3 is 2.39 bits per heavy atom. The molecule has 0 saturated carbocycles. The SMILES string of the molecule is COc1cccc(C[C@H](NC(=O)c2cccc(O)c2C)[C@H](O)C(=O)N2CSC(C)(C)[C@H]2C(=O)NCc2c(C)cccc2C)c1. The van der Waals surface area contributed by atoms with Gasteiger partial charge in [0.25, 0.3) is 11.8 Å². The number of phenols is 1. The molecule has 3 aromatic rings. The second kappa shape index (κ2) is 13.7. The van der Waals surface area contributed by atoms with Crippen molar-refractivity contribution in [2.45, 2.75) is 70.5 Å². The highest BCUT2D eigenvalue weighted by atomic mass is 32.2. The Balaban J connectivity index is 1.59. The number of amides is 3. The van der Waals surface area contributed by atoms with Gasteiger partial charge in [0.15, 0.2) is 6.10 Å². The van der Waals surface area contributed by atoms with Gasteiger partial charge < -0.3 is 30.5 Å². The van der Waals surface area contributed by atoms with E-state index in [0.717, 1.165) is 22.3 Å². The molecule has 4 N–H and O–H groups in total. The van der Waals surface area contributed by atoms with E-state index < -0.39 is 34.7 Å². The number of phenolic OH excluding ortho intramolecular Hbond substituents is 1. The molecular formula is C34H41N3O6S. The molecule has 1 saturated heterocycles. The summed E-state index contributed by atoms with van der Waals surface area (Å²) in [5, 5.41) is 27.6. The number of benzene rings is 3. The van der Waals surface area contributed by atoms with E-state index in [0.29, 0.717) is 17.9 Å². The molecule has 3 atom stereocenters. The second-order valence-corrected chi connectivity index (χ2v) is 13.3. The summed E-state index contributed by atoms with van der Waals surface area (Å²) in [6, 6.07) is 15.8. The van der Waals surface area contributed by atoms with Crippen molar-refractivity contribution in [1.29, 1.82) is 0 Å². The van der Waals surface area contributed by atoms with Crippen molar-refractivity contribution in [3.8, 4) is 11.5 Å². The predicted octanol–water partition coefficient (Wildman–Crippen LogP) is 4.02. The summed E-state index contributed by atoms with van der Waals surface area (Å²) >= 11 is 1.45. The van der Waals surface area contributed by atoms with Gasteiger partial charge in [-0.15, -0.1) is 11.8 Å². The zero-order chi connectivity index (χ0) is 32.2. The van der Waals surface area contributed by atoms with Gasteiger partial charge in [-0.2, -0.15) is 0 Å². The number of nitrogens with zero attached hydrogens (tertiary/aromatic N) is 1. The van der Waals surface area contributed by atoms with Gasteiger partial charge in [-0.05, 0) is 87.6 Å². The lowest BCUT2D eigenvalue weighted by Crippen LogP contribution is -2.58. The first-order chi connectivity index (χ1) is 20.8. The first kappa shape index (κ1) is 32.9. The quantitative estimate of drug-likeness (QED) is 0.270. The lowest BCUT2D eigenvalue weighted by Gasteiger charge is -2.33. The summed E-state index contributed by atoms with van der Waals surface area (Å²) < 4.78 is 4.72. The van der Waals surface area contributed by atoms with E-state index in [1.807, 2.05) is 52.0 Å². The zero-order valence-corrected chi connectivity index (χ0v) is 26.8. The molecule has 0 spiro atoms. The summed E-state index contributed by atoms with van der Waals surface area (Å²) in [5.74, 6) is -0.754. The van der Waals surface area contributed by atoms with E-state index in [2.05, 4.69) is 10.6 Å². The van der Waals surface area contributed by atoms with Crippen LogP contribution in [0.15, 0.2) is 60.7 Å². The van der Waals surface area contributed by atoms with Gasteiger partial charge in [-0.1, -0.05) is 36.4 Å². The molecule has 4 rings (SSSR count). The fraction of sp³-hybridized carbons (Fsp3) is 0.382. The maximum Gasteiger partial charge on any atom is 0.254 e. The van der Waals surface area contributed by atoms with Crippen LogP contribution in [0.3, 0.4) is 0 Å². The van der Waals surface area contributed by atoms with Crippen LogP contribution in [0.1, 0.15) is 52.0 Å². The Morgan fingerprint density at radius 2 is 1.70 bits per heavy atom. The van der Waals surface area contributed by atoms with Crippen molar-refractivity contribution >= 4 is 29.5 Å². The van der Waals surface area contributed by atoms with Crippen LogP contribution < -0.4 is 15.4 Å². The standard InChI is InChI=1S/C34H41N3O6S/c1-20-10-7-11-21(2)26(20)18-35-32(41)30-34(4,5)44-19-37(30)33(42)29(39)27(17-23-12-8-13-24(16-23)43-6)36-31(40)25-14-9-15-28(38)22(25)3/h7-16,27,29-30,38-39H,17-19H2,1-6H3,(H,35,41)(H,36,40)/t27-,29-,30+/m0/s1. The van der Waals surface area contributed by atoms with Crippen molar-refractivity contribution in [2.75, 3.05) is 13.0 Å². The van der Waals surface area contributed by atoms with Crippen molar-refractivity contribution < 1.29 is 29.3 Å². The molecule has 3 amide bonds. The van der Waals surface area contributed by atoms with Crippen LogP contribution in [0, 0.1) is 20.8 Å². The summed E-state index contributed by atoms with van der Waals surface area (Å²) in [7, 11) is 1.54. The number of methoxy groups -OCH3 is 1. The molecule has 0 aromatic heterocycles. The lowest BCUT2D eigenvalue weighted by molar-refractivity contribution is -0.147. The van der Waals surface area contributed by atoms with Crippen LogP contribution >= 0.6 is 11.8 Å². The summed E-state index contributed by atoms with van der Waals surface area (Å²) in [6.45, 7) is 9.72. The van der Waals surface area contributed by atoms with E-state index in [1.165, 1.54) is 22.7 Å². The molecule has 3 aromatic carbocycles. The monoisotopic (exact) mass is 619 g/mol. The van der Waals surface area contributed by atoms with E-state index >= 15 is 0 Å². The molecule has 0 bridgehead atoms. The minimum absolute atomic E-state index is 0.0373. The molecule has 1 aliphatic rings. The highest BCUT2D eigenvalue weighted by Crippen LogP contribution is 2.40. The number of thioether (sulfide) groups is 1. The highest BCUT2D eigenvalue weighted by Gasteiger charge is 2.49. The summed E-state index contributed by atoms with van der Waals surface area (Å²) in [4.78, 5) is 42.4. The average Bonchev–Trinajstić information content (AvgIpc) is 3.31. The third kappa shape index (κ3) is 7.19. The normalized spacial score (nSPS) is 17.1. The minimum atomic E-state index is -1.66. The second-order valence-electron chi connectivity index (χ2n) is 11.7. The number of ether oxygens (including phenoxy) is 1. The van der Waals surface area contributed by atoms with Gasteiger partial charge >= 0.3 is 0 Å². The third-order valence-electron chi connectivity index (χ3n) is 8.25. The van der Waals surface area contributed by atoms with Crippen LogP contribution in [0.25, 0.3) is 0 Å². The molecule has 0 unspecified atom stereocenters. The Labute approximate surface area is 263 Å². The zero-order valence-electron chi connectivity index (χ0n) is 26.0. The van der Waals surface area contributed by atoms with Gasteiger partial charge in [0, 0.05) is 22.4 Å². The number of hydrogen-bond donors (Lipinski definition) is 4. The Hall–Kier alpha value is -4.02. The van der Waals surface area contributed by atoms with Crippen LogP contribution in [-0.4, -0.2) is 68.8 Å². The topological polar surface area (TPSA) is 128 Å². The highest BCUT2D eigenvalue weighted by molar-refractivity contribution is 8.00. The van der Waals surface area contributed by atoms with Gasteiger partial charge in [0.1, 0.15) is 17.5 Å². The molecule has 10 heteroatoms. The van der Waals surface area contributed by atoms with Crippen molar-refractivity contribution in [3.63, 3.8) is 0 Å². The Morgan fingerprint density at radius 1 is 1.05 bits per heavy atom. The first-order valence-electron chi connectivity index (χ1n) is 14.5. The molecule has 1 aliphatic heterocycles. The first-order valence-corrected chi connectivity index (χ1v) is 15.5. The average molecular weight is 620 g/mol. The van der Waals surface area contributed by atoms with Crippen LogP contribution in [0.2, 0.25) is 0 Å². The van der Waals surface area contributed by atoms with E-state index in [-0.39, 0.29) is 29.5 Å². The molecule has 1 fully saturated rings. The molecule has 44 heavy (non-hydrogen) atoms. The number of aryl methyl sites for hydroxylation is 2. The molecular weight excluding hydrogens is 578 g/mol. The number of carbonyl (C=O) groups excluding carboxylic acids is 3. The van der Waals surface area contributed by atoms with Crippen LogP contribution in [-0.2, 0) is 22.6 Å². The van der Waals surface area contributed by atoms with Crippen molar-refractivity contribution in [3.05, 3.63) is 94.0 Å². The van der Waals surface area contributed by atoms with Crippen molar-refractivity contribution in [1.82, 2.24) is 15.5 Å². The predicted molar refractivity (Wildman–Crippen MR) is 172 cm³/mol. The smallest absolute Gasteiger partial charge is 0.254 e. The fourth-order valence-electron chi connectivity index (χ4n) is 5.57. The summed E-state index contributed by atoms with van der Waals surface area (Å²) in [5.41, 5.74) is 4.48. The van der Waals surface area contributed by atoms with E-state index in [4.69, 9.17) is 4.74 Å². The Kier molecular flexibility index (Phi) is 10.3. The van der Waals surface area contributed by atoms with Crippen molar-refractivity contribution in [2.24, 2.45) is 0 Å². The number of aliphatic hydroxyl groups is 1. The maximum atomic E-state index is 14.0. The van der Waals surface area contributed by atoms with Gasteiger partial charge in [0.2, 0.25) is 5.91 Å². The molecule has 1 heterocycles. The molecule has 234 valence electrons. The van der Waals surface area contributed by atoms with Gasteiger partial charge in [-0.25, -0.2) is 0 Å². The molecule has 0 aliphatic carbocycles. The van der Waals surface area contributed by atoms with Crippen LogP contribution in [0.4, 0.5) is 0 Å². The number of hydrogen-bond acceptors (Lipinski definition) is 7.